The summed E-state index contributed by atoms with van der Waals surface area (Å²) in [6.07, 6.45) is -0.112. The molecule has 0 radical (unpaired) electrons. The van der Waals surface area contributed by atoms with E-state index in [9.17, 15) is 9.59 Å². The molecule has 0 bridgehead atoms. The Labute approximate surface area is 76.8 Å². The summed E-state index contributed by atoms with van der Waals surface area (Å²) in [6.45, 7) is 3.67. The van der Waals surface area contributed by atoms with Crippen molar-refractivity contribution in [2.45, 2.75) is 25.0 Å². The monoisotopic (exact) mass is 191 g/mol. The number of carbonyl (C=O) groups is 2. The number of hydrogen-bond acceptors (Lipinski definition) is 3. The lowest BCUT2D eigenvalue weighted by Gasteiger charge is -2.16. The molecule has 12 heavy (non-hydrogen) atoms. The van der Waals surface area contributed by atoms with Crippen LogP contribution in [0.1, 0.15) is 20.3 Å². The van der Waals surface area contributed by atoms with E-state index in [1.807, 2.05) is 0 Å². The summed E-state index contributed by atoms with van der Waals surface area (Å²) in [5, 5.41) is 11.1. The quantitative estimate of drug-likeness (QED) is 0.559. The normalized spacial score (nSPS) is 14.9. The predicted octanol–water partition coefficient (Wildman–Crippen LogP) is 0.286. The molecule has 1 amide bonds. The van der Waals surface area contributed by atoms with Gasteiger partial charge in [-0.3, -0.25) is 9.59 Å². The van der Waals surface area contributed by atoms with Crippen LogP contribution >= 0.6 is 12.6 Å². The molecule has 0 saturated heterocycles. The van der Waals surface area contributed by atoms with Gasteiger partial charge >= 0.3 is 5.97 Å². The van der Waals surface area contributed by atoms with Gasteiger partial charge < -0.3 is 10.4 Å². The Morgan fingerprint density at radius 3 is 2.42 bits per heavy atom. The minimum Gasteiger partial charge on any atom is -0.480 e. The summed E-state index contributed by atoms with van der Waals surface area (Å²) in [6, 6.07) is 0. The molecule has 0 saturated carbocycles. The van der Waals surface area contributed by atoms with Gasteiger partial charge in [-0.25, -0.2) is 0 Å². The van der Waals surface area contributed by atoms with Crippen molar-refractivity contribution < 1.29 is 14.7 Å². The Bertz CT molecular complexity index is 191. The molecule has 2 N–H and O–H groups in total. The van der Waals surface area contributed by atoms with Gasteiger partial charge in [0.2, 0.25) is 5.91 Å². The largest absolute Gasteiger partial charge is 0.480 e. The molecule has 1 unspecified atom stereocenters. The van der Waals surface area contributed by atoms with Crippen LogP contribution in [0.2, 0.25) is 0 Å². The highest BCUT2D eigenvalue weighted by molar-refractivity contribution is 7.82. The van der Waals surface area contributed by atoms with Crippen molar-refractivity contribution in [2.75, 3.05) is 6.54 Å². The lowest BCUT2D eigenvalue weighted by Crippen LogP contribution is -2.36. The van der Waals surface area contributed by atoms with Gasteiger partial charge in [-0.1, -0.05) is 0 Å². The van der Waals surface area contributed by atoms with E-state index >= 15 is 0 Å². The van der Waals surface area contributed by atoms with Gasteiger partial charge in [0.05, 0.1) is 6.42 Å². The number of amides is 1. The number of carboxylic acid groups (broad SMARTS) is 1. The van der Waals surface area contributed by atoms with Crippen molar-refractivity contribution >= 4 is 24.5 Å². The lowest BCUT2D eigenvalue weighted by molar-refractivity contribution is -0.141. The van der Waals surface area contributed by atoms with Crippen molar-refractivity contribution in [3.8, 4) is 0 Å². The Balaban J connectivity index is 4.06. The summed E-state index contributed by atoms with van der Waals surface area (Å²) in [7, 11) is 0. The molecule has 0 aliphatic rings. The van der Waals surface area contributed by atoms with E-state index in [1.165, 1.54) is 6.92 Å². The van der Waals surface area contributed by atoms with Gasteiger partial charge in [0.25, 0.3) is 0 Å². The number of hydrogen-bond donors (Lipinski definition) is 3. The van der Waals surface area contributed by atoms with Crippen LogP contribution in [0.4, 0.5) is 0 Å². The van der Waals surface area contributed by atoms with E-state index in [1.54, 1.807) is 6.92 Å². The maximum atomic E-state index is 10.9. The van der Waals surface area contributed by atoms with Gasteiger partial charge in [-0.05, 0) is 13.8 Å². The number of carbonyl (C=O) groups excluding carboxylic acids is 1. The predicted molar refractivity (Wildman–Crippen MR) is 48.3 cm³/mol. The molecule has 70 valence electrons. The minimum atomic E-state index is -1.28. The molecule has 0 aromatic heterocycles. The second-order valence-corrected chi connectivity index (χ2v) is 3.70. The smallest absolute Gasteiger partial charge is 0.319 e. The van der Waals surface area contributed by atoms with Crippen LogP contribution in [0.25, 0.3) is 0 Å². The molecule has 0 spiro atoms. The topological polar surface area (TPSA) is 66.4 Å². The fourth-order valence-electron chi connectivity index (χ4n) is 0.648. The highest BCUT2D eigenvalue weighted by Crippen LogP contribution is 2.18. The van der Waals surface area contributed by atoms with Crippen LogP contribution in [0.15, 0.2) is 0 Å². The molecular formula is C7H13NO3S. The molecular weight excluding hydrogens is 178 g/mol. The third-order valence-corrected chi connectivity index (χ3v) is 1.69. The summed E-state index contributed by atoms with van der Waals surface area (Å²) in [5.74, 6) is -1.38. The first-order chi connectivity index (χ1) is 5.40. The molecule has 0 aliphatic heterocycles. The molecule has 0 aromatic rings. The number of carboxylic acids is 1. The maximum absolute atomic E-state index is 10.9. The van der Waals surface area contributed by atoms with Crippen molar-refractivity contribution in [1.82, 2.24) is 5.32 Å². The summed E-state index contributed by atoms with van der Waals surface area (Å²) < 4.78 is -1.28. The number of nitrogens with one attached hydrogen (secondary N) is 1. The zero-order valence-corrected chi connectivity index (χ0v) is 8.02. The van der Waals surface area contributed by atoms with Gasteiger partial charge in [-0.2, -0.15) is 12.6 Å². The fourth-order valence-corrected chi connectivity index (χ4v) is 0.792. The van der Waals surface area contributed by atoms with Gasteiger partial charge in [0, 0.05) is 6.54 Å². The van der Waals surface area contributed by atoms with Crippen LogP contribution in [-0.4, -0.2) is 28.3 Å². The zero-order chi connectivity index (χ0) is 9.78. The van der Waals surface area contributed by atoms with Crippen LogP contribution < -0.4 is 5.32 Å². The van der Waals surface area contributed by atoms with Gasteiger partial charge in [0.1, 0.15) is 4.75 Å². The number of rotatable bonds is 4. The maximum Gasteiger partial charge on any atom is 0.319 e. The van der Waals surface area contributed by atoms with Crippen molar-refractivity contribution in [2.24, 2.45) is 0 Å². The zero-order valence-electron chi connectivity index (χ0n) is 7.13. The second kappa shape index (κ2) is 4.35. The first kappa shape index (κ1) is 11.3. The van der Waals surface area contributed by atoms with E-state index in [0.29, 0.717) is 6.54 Å². The molecule has 5 heteroatoms. The van der Waals surface area contributed by atoms with E-state index in [4.69, 9.17) is 5.11 Å². The van der Waals surface area contributed by atoms with Crippen LogP contribution in [-0.2, 0) is 9.59 Å². The average Bonchev–Trinajstić information content (AvgIpc) is 1.85. The first-order valence-electron chi connectivity index (χ1n) is 3.62. The minimum absolute atomic E-state index is 0.112. The second-order valence-electron chi connectivity index (χ2n) is 2.71. The standard InChI is InChI=1S/C7H13NO3S/c1-3-8-5(9)4-7(2,12)6(10)11/h12H,3-4H2,1-2H3,(H,8,9)(H,10,11). The molecule has 4 nitrogen and oxygen atoms in total. The summed E-state index contributed by atoms with van der Waals surface area (Å²) >= 11 is 3.85. The van der Waals surface area contributed by atoms with Gasteiger partial charge in [-0.15, -0.1) is 0 Å². The van der Waals surface area contributed by atoms with E-state index in [2.05, 4.69) is 17.9 Å². The van der Waals surface area contributed by atoms with Crippen molar-refractivity contribution in [3.63, 3.8) is 0 Å². The Morgan fingerprint density at radius 1 is 1.58 bits per heavy atom. The Hall–Kier alpha value is -0.710. The van der Waals surface area contributed by atoms with Crippen LogP contribution in [0.5, 0.6) is 0 Å². The highest BCUT2D eigenvalue weighted by Gasteiger charge is 2.31. The number of thiol groups is 1. The molecule has 0 heterocycles. The van der Waals surface area contributed by atoms with Gasteiger partial charge in [0.15, 0.2) is 0 Å². The SMILES string of the molecule is CCNC(=O)CC(C)(S)C(=O)O. The van der Waals surface area contributed by atoms with E-state index in [-0.39, 0.29) is 12.3 Å². The first-order valence-corrected chi connectivity index (χ1v) is 4.07. The molecule has 0 aliphatic carbocycles. The summed E-state index contributed by atoms with van der Waals surface area (Å²) in [4.78, 5) is 21.4. The average molecular weight is 191 g/mol. The molecule has 0 rings (SSSR count). The molecule has 1 atom stereocenters. The third-order valence-electron chi connectivity index (χ3n) is 1.34. The van der Waals surface area contributed by atoms with Crippen LogP contribution in [0.3, 0.4) is 0 Å². The van der Waals surface area contributed by atoms with Crippen LogP contribution in [0, 0.1) is 0 Å². The van der Waals surface area contributed by atoms with E-state index in [0.717, 1.165) is 0 Å². The highest BCUT2D eigenvalue weighted by atomic mass is 32.1. The molecule has 0 aromatic carbocycles. The summed E-state index contributed by atoms with van der Waals surface area (Å²) in [5.41, 5.74) is 0. The lowest BCUT2D eigenvalue weighted by atomic mass is 10.1. The Morgan fingerprint density at radius 2 is 2.08 bits per heavy atom. The molecule has 0 fully saturated rings. The van der Waals surface area contributed by atoms with Crippen molar-refractivity contribution in [3.05, 3.63) is 0 Å². The fraction of sp³-hybridized carbons (Fsp3) is 0.714. The third kappa shape index (κ3) is 3.61. The van der Waals surface area contributed by atoms with E-state index < -0.39 is 10.7 Å². The van der Waals surface area contributed by atoms with Crippen molar-refractivity contribution in [1.29, 1.82) is 0 Å². The number of aliphatic carboxylic acids is 1. The Kier molecular flexibility index (Phi) is 4.09.